The number of Topliss-reactive ketones (excluding diaryl/α,β-unsaturated/α-hetero) is 1. The van der Waals surface area contributed by atoms with Crippen molar-refractivity contribution in [2.45, 2.75) is 57.0 Å². The molecule has 0 saturated heterocycles. The second kappa shape index (κ2) is 5.08. The highest BCUT2D eigenvalue weighted by Crippen LogP contribution is 2.31. The number of carbonyl (C=O) groups excluding carboxylic acids is 1. The molecule has 0 aromatic carbocycles. The molecule has 0 aromatic heterocycles. The van der Waals surface area contributed by atoms with Gasteiger partial charge < -0.3 is 5.11 Å². The molecule has 3 nitrogen and oxygen atoms in total. The minimum absolute atomic E-state index is 0.268. The first kappa shape index (κ1) is 11.1. The molecule has 0 aromatic rings. The van der Waals surface area contributed by atoms with E-state index in [1.165, 1.54) is 19.3 Å². The molecule has 0 bridgehead atoms. The van der Waals surface area contributed by atoms with Gasteiger partial charge in [-0.3, -0.25) is 9.69 Å². The predicted molar refractivity (Wildman–Crippen MR) is 58.7 cm³/mol. The van der Waals surface area contributed by atoms with Crippen LogP contribution in [0.1, 0.15) is 44.9 Å². The maximum absolute atomic E-state index is 11.3. The number of hydrogen-bond donors (Lipinski definition) is 1. The van der Waals surface area contributed by atoms with E-state index in [9.17, 15) is 4.79 Å². The van der Waals surface area contributed by atoms with Gasteiger partial charge in [0, 0.05) is 38.1 Å². The molecule has 0 heterocycles. The fourth-order valence-electron chi connectivity index (χ4n) is 2.71. The molecule has 0 spiro atoms. The Bertz CT molecular complexity index is 226. The van der Waals surface area contributed by atoms with Gasteiger partial charge in [0.25, 0.3) is 0 Å². The molecule has 1 N–H and O–H groups in total. The van der Waals surface area contributed by atoms with Gasteiger partial charge in [-0.1, -0.05) is 6.42 Å². The zero-order valence-corrected chi connectivity index (χ0v) is 9.32. The Labute approximate surface area is 91.5 Å². The highest BCUT2D eigenvalue weighted by molar-refractivity contribution is 5.81. The van der Waals surface area contributed by atoms with E-state index in [1.807, 2.05) is 0 Å². The van der Waals surface area contributed by atoms with Crippen molar-refractivity contribution in [1.29, 1.82) is 0 Å². The van der Waals surface area contributed by atoms with Crippen LogP contribution in [0.5, 0.6) is 0 Å². The summed E-state index contributed by atoms with van der Waals surface area (Å²) in [7, 11) is 0. The van der Waals surface area contributed by atoms with Crippen LogP contribution in [0, 0.1) is 0 Å². The standard InChI is InChI=1S/C12H21NO2/c14-8-2-7-13(10-3-1-4-10)11-5-6-12(15)9-11/h10-11,14H,1-9H2. The molecule has 2 saturated carbocycles. The van der Waals surface area contributed by atoms with Gasteiger partial charge in [-0.2, -0.15) is 0 Å². The Balaban J connectivity index is 1.88. The zero-order valence-electron chi connectivity index (χ0n) is 9.32. The smallest absolute Gasteiger partial charge is 0.134 e. The van der Waals surface area contributed by atoms with Gasteiger partial charge >= 0.3 is 0 Å². The second-order valence-electron chi connectivity index (χ2n) is 4.84. The number of ketones is 1. The summed E-state index contributed by atoms with van der Waals surface area (Å²) in [4.78, 5) is 13.8. The lowest BCUT2D eigenvalue weighted by Gasteiger charge is -2.41. The number of aliphatic hydroxyl groups is 1. The van der Waals surface area contributed by atoms with Gasteiger partial charge in [-0.15, -0.1) is 0 Å². The van der Waals surface area contributed by atoms with Crippen LogP contribution in [-0.2, 0) is 4.79 Å². The lowest BCUT2D eigenvalue weighted by molar-refractivity contribution is -0.117. The van der Waals surface area contributed by atoms with Crippen molar-refractivity contribution in [1.82, 2.24) is 4.90 Å². The molecule has 15 heavy (non-hydrogen) atoms. The van der Waals surface area contributed by atoms with Crippen molar-refractivity contribution in [3.05, 3.63) is 0 Å². The summed E-state index contributed by atoms with van der Waals surface area (Å²) in [6.07, 6.45) is 7.32. The highest BCUT2D eigenvalue weighted by Gasteiger charge is 2.34. The lowest BCUT2D eigenvalue weighted by atomic mass is 9.90. The molecular formula is C12H21NO2. The third-order valence-corrected chi connectivity index (χ3v) is 3.81. The van der Waals surface area contributed by atoms with Crippen LogP contribution in [0.3, 0.4) is 0 Å². The van der Waals surface area contributed by atoms with Gasteiger partial charge in [-0.05, 0) is 25.7 Å². The van der Waals surface area contributed by atoms with Gasteiger partial charge in [0.15, 0.2) is 0 Å². The third kappa shape index (κ3) is 2.58. The summed E-state index contributed by atoms with van der Waals surface area (Å²) in [5.74, 6) is 0.424. The Kier molecular flexibility index (Phi) is 3.76. The second-order valence-corrected chi connectivity index (χ2v) is 4.84. The van der Waals surface area contributed by atoms with Crippen molar-refractivity contribution in [3.63, 3.8) is 0 Å². The molecule has 1 unspecified atom stereocenters. The molecule has 2 aliphatic rings. The third-order valence-electron chi connectivity index (χ3n) is 3.81. The fraction of sp³-hybridized carbons (Fsp3) is 0.917. The normalized spacial score (nSPS) is 27.3. The molecular weight excluding hydrogens is 190 g/mol. The van der Waals surface area contributed by atoms with Crippen LogP contribution in [-0.4, -0.2) is 41.0 Å². The molecule has 86 valence electrons. The average molecular weight is 211 g/mol. The van der Waals surface area contributed by atoms with Gasteiger partial charge in [-0.25, -0.2) is 0 Å². The van der Waals surface area contributed by atoms with E-state index in [0.29, 0.717) is 17.9 Å². The van der Waals surface area contributed by atoms with Gasteiger partial charge in [0.2, 0.25) is 0 Å². The summed E-state index contributed by atoms with van der Waals surface area (Å²) in [6.45, 7) is 1.24. The quantitative estimate of drug-likeness (QED) is 0.746. The lowest BCUT2D eigenvalue weighted by Crippen LogP contribution is -2.46. The van der Waals surface area contributed by atoms with Gasteiger partial charge in [0.1, 0.15) is 5.78 Å². The molecule has 0 amide bonds. The molecule has 2 aliphatic carbocycles. The van der Waals surface area contributed by atoms with Crippen molar-refractivity contribution in [2.75, 3.05) is 13.2 Å². The Morgan fingerprint density at radius 3 is 2.53 bits per heavy atom. The summed E-state index contributed by atoms with van der Waals surface area (Å²) in [6, 6.07) is 1.18. The van der Waals surface area contributed by atoms with E-state index in [2.05, 4.69) is 4.90 Å². The van der Waals surface area contributed by atoms with E-state index >= 15 is 0 Å². The number of aliphatic hydroxyl groups excluding tert-OH is 1. The first-order valence-corrected chi connectivity index (χ1v) is 6.19. The topological polar surface area (TPSA) is 40.5 Å². The molecule has 0 aliphatic heterocycles. The summed E-state index contributed by atoms with van der Waals surface area (Å²) < 4.78 is 0. The van der Waals surface area contributed by atoms with Crippen LogP contribution in [0.2, 0.25) is 0 Å². The first-order valence-electron chi connectivity index (χ1n) is 6.19. The SMILES string of the molecule is O=C1CCC(N(CCCO)C2CCC2)C1. The average Bonchev–Trinajstić information content (AvgIpc) is 2.56. The monoisotopic (exact) mass is 211 g/mol. The van der Waals surface area contributed by atoms with E-state index < -0.39 is 0 Å². The van der Waals surface area contributed by atoms with Crippen LogP contribution >= 0.6 is 0 Å². The first-order chi connectivity index (χ1) is 7.31. The summed E-state index contributed by atoms with van der Waals surface area (Å²) in [5.41, 5.74) is 0. The number of nitrogens with zero attached hydrogens (tertiary/aromatic N) is 1. The molecule has 1 atom stereocenters. The minimum Gasteiger partial charge on any atom is -0.396 e. The molecule has 2 rings (SSSR count). The summed E-state index contributed by atoms with van der Waals surface area (Å²) >= 11 is 0. The highest BCUT2D eigenvalue weighted by atomic mass is 16.3. The maximum Gasteiger partial charge on any atom is 0.134 e. The van der Waals surface area contributed by atoms with Crippen LogP contribution < -0.4 is 0 Å². The Morgan fingerprint density at radius 2 is 2.07 bits per heavy atom. The van der Waals surface area contributed by atoms with Crippen molar-refractivity contribution < 1.29 is 9.90 Å². The van der Waals surface area contributed by atoms with E-state index in [-0.39, 0.29) is 6.61 Å². The zero-order chi connectivity index (χ0) is 10.7. The molecule has 0 radical (unpaired) electrons. The van der Waals surface area contributed by atoms with Crippen LogP contribution in [0.15, 0.2) is 0 Å². The van der Waals surface area contributed by atoms with Crippen LogP contribution in [0.25, 0.3) is 0 Å². The minimum atomic E-state index is 0.268. The van der Waals surface area contributed by atoms with Crippen molar-refractivity contribution in [2.24, 2.45) is 0 Å². The number of hydrogen-bond acceptors (Lipinski definition) is 3. The predicted octanol–water partition coefficient (Wildman–Crippen LogP) is 1.34. The molecule has 2 fully saturated rings. The van der Waals surface area contributed by atoms with Crippen molar-refractivity contribution >= 4 is 5.78 Å². The van der Waals surface area contributed by atoms with E-state index in [4.69, 9.17) is 5.11 Å². The van der Waals surface area contributed by atoms with Crippen molar-refractivity contribution in [3.8, 4) is 0 Å². The Hall–Kier alpha value is -0.410. The fourth-order valence-corrected chi connectivity index (χ4v) is 2.71. The summed E-state index contributed by atoms with van der Waals surface area (Å²) in [5, 5.41) is 8.89. The maximum atomic E-state index is 11.3. The largest absolute Gasteiger partial charge is 0.396 e. The number of carbonyl (C=O) groups is 1. The number of rotatable bonds is 5. The van der Waals surface area contributed by atoms with E-state index in [0.717, 1.165) is 32.2 Å². The van der Waals surface area contributed by atoms with Crippen LogP contribution in [0.4, 0.5) is 0 Å². The van der Waals surface area contributed by atoms with E-state index in [1.54, 1.807) is 0 Å². The molecule has 3 heteroatoms. The Morgan fingerprint density at radius 1 is 1.27 bits per heavy atom. The van der Waals surface area contributed by atoms with Gasteiger partial charge in [0.05, 0.1) is 0 Å².